The van der Waals surface area contributed by atoms with Gasteiger partial charge in [0.25, 0.3) is 0 Å². The summed E-state index contributed by atoms with van der Waals surface area (Å²) in [6, 6.07) is 13.8. The first-order chi connectivity index (χ1) is 13.8. The van der Waals surface area contributed by atoms with Gasteiger partial charge in [0.05, 0.1) is 18.4 Å². The number of carbonyl (C=O) groups excluding carboxylic acids is 1. The van der Waals surface area contributed by atoms with Gasteiger partial charge >= 0.3 is 5.97 Å². The molecule has 0 saturated carbocycles. The van der Waals surface area contributed by atoms with Crippen molar-refractivity contribution in [2.75, 3.05) is 26.7 Å². The second kappa shape index (κ2) is 9.26. The van der Waals surface area contributed by atoms with E-state index in [1.165, 1.54) is 7.11 Å². The maximum atomic E-state index is 13.0. The molecule has 0 radical (unpaired) electrons. The fraction of sp³-hybridized carbons (Fsp3) is 0.381. The molecule has 0 N–H and O–H groups in total. The number of esters is 1. The van der Waals surface area contributed by atoms with Gasteiger partial charge in [0, 0.05) is 37.2 Å². The van der Waals surface area contributed by atoms with Crippen molar-refractivity contribution in [2.45, 2.75) is 30.8 Å². The number of carbonyl (C=O) groups is 1. The molecule has 6 nitrogen and oxygen atoms in total. The normalized spacial score (nSPS) is 18.5. The summed E-state index contributed by atoms with van der Waals surface area (Å²) in [4.78, 5) is 14.2. The summed E-state index contributed by atoms with van der Waals surface area (Å²) in [5.74, 6) is -0.305. The number of benzene rings is 2. The minimum Gasteiger partial charge on any atom is -0.469 e. The molecule has 0 amide bonds. The predicted octanol–water partition coefficient (Wildman–Crippen LogP) is 2.95. The second-order valence-electron chi connectivity index (χ2n) is 7.18. The number of methoxy groups -OCH3 is 1. The third-order valence-electron chi connectivity index (χ3n) is 5.13. The van der Waals surface area contributed by atoms with E-state index in [9.17, 15) is 13.2 Å². The highest BCUT2D eigenvalue weighted by atomic mass is 35.5. The highest BCUT2D eigenvalue weighted by Gasteiger charge is 2.33. The molecule has 1 atom stereocenters. The van der Waals surface area contributed by atoms with E-state index in [-0.39, 0.29) is 18.4 Å². The van der Waals surface area contributed by atoms with Gasteiger partial charge in [-0.3, -0.25) is 9.69 Å². The zero-order chi connectivity index (χ0) is 21.0. The van der Waals surface area contributed by atoms with Crippen LogP contribution in [0.15, 0.2) is 53.4 Å². The molecule has 2 aromatic rings. The molecule has 0 aliphatic carbocycles. The van der Waals surface area contributed by atoms with Gasteiger partial charge in [0.1, 0.15) is 0 Å². The van der Waals surface area contributed by atoms with Gasteiger partial charge in [-0.2, -0.15) is 4.31 Å². The van der Waals surface area contributed by atoms with E-state index in [0.717, 1.165) is 11.1 Å². The van der Waals surface area contributed by atoms with Crippen molar-refractivity contribution < 1.29 is 17.9 Å². The number of piperazine rings is 1. The molecule has 1 aliphatic rings. The van der Waals surface area contributed by atoms with E-state index in [0.29, 0.717) is 36.1 Å². The van der Waals surface area contributed by atoms with Crippen molar-refractivity contribution in [2.24, 2.45) is 0 Å². The van der Waals surface area contributed by atoms with Crippen LogP contribution < -0.4 is 0 Å². The molecular formula is C21H25ClN2O4S. The van der Waals surface area contributed by atoms with Gasteiger partial charge in [-0.05, 0) is 42.3 Å². The second-order valence-corrected chi connectivity index (χ2v) is 9.51. The summed E-state index contributed by atoms with van der Waals surface area (Å²) in [5, 5.41) is 0.604. The Morgan fingerprint density at radius 3 is 2.52 bits per heavy atom. The third-order valence-corrected chi connectivity index (χ3v) is 7.39. The predicted molar refractivity (Wildman–Crippen MR) is 112 cm³/mol. The third kappa shape index (κ3) is 5.17. The Morgan fingerprint density at radius 1 is 1.14 bits per heavy atom. The zero-order valence-electron chi connectivity index (χ0n) is 16.5. The molecule has 0 bridgehead atoms. The number of ether oxygens (including phenoxy) is 1. The highest BCUT2D eigenvalue weighted by molar-refractivity contribution is 7.89. The Balaban J connectivity index is 1.72. The molecule has 1 heterocycles. The summed E-state index contributed by atoms with van der Waals surface area (Å²) in [6.45, 7) is 4.11. The lowest BCUT2D eigenvalue weighted by Crippen LogP contribution is -2.53. The molecule has 1 aliphatic heterocycles. The molecular weight excluding hydrogens is 412 g/mol. The lowest BCUT2D eigenvalue weighted by molar-refractivity contribution is -0.139. The van der Waals surface area contributed by atoms with Crippen LogP contribution in [-0.4, -0.2) is 56.4 Å². The summed E-state index contributed by atoms with van der Waals surface area (Å²) in [6.07, 6.45) is 0.181. The van der Waals surface area contributed by atoms with Crippen LogP contribution in [-0.2, 0) is 32.5 Å². The van der Waals surface area contributed by atoms with Gasteiger partial charge in [-0.1, -0.05) is 35.9 Å². The monoisotopic (exact) mass is 436 g/mol. The van der Waals surface area contributed by atoms with Gasteiger partial charge in [0.15, 0.2) is 0 Å². The fourth-order valence-corrected chi connectivity index (χ4v) is 5.46. The van der Waals surface area contributed by atoms with Crippen molar-refractivity contribution in [1.82, 2.24) is 9.21 Å². The van der Waals surface area contributed by atoms with Crippen molar-refractivity contribution >= 4 is 27.6 Å². The van der Waals surface area contributed by atoms with E-state index in [1.807, 2.05) is 19.1 Å². The van der Waals surface area contributed by atoms with E-state index >= 15 is 0 Å². The average molecular weight is 437 g/mol. The van der Waals surface area contributed by atoms with E-state index in [4.69, 9.17) is 16.3 Å². The van der Waals surface area contributed by atoms with Gasteiger partial charge < -0.3 is 4.74 Å². The molecule has 8 heteroatoms. The van der Waals surface area contributed by atoms with E-state index in [2.05, 4.69) is 4.90 Å². The number of hydrogen-bond acceptors (Lipinski definition) is 5. The van der Waals surface area contributed by atoms with Crippen molar-refractivity contribution in [3.63, 3.8) is 0 Å². The minimum absolute atomic E-state index is 0.169. The highest BCUT2D eigenvalue weighted by Crippen LogP contribution is 2.24. The Labute approximate surface area is 177 Å². The van der Waals surface area contributed by atoms with Gasteiger partial charge in [-0.25, -0.2) is 8.42 Å². The molecule has 0 unspecified atom stereocenters. The number of sulfonamides is 1. The Hall–Kier alpha value is -1.93. The van der Waals surface area contributed by atoms with Crippen LogP contribution in [0.2, 0.25) is 5.02 Å². The molecule has 1 fully saturated rings. The van der Waals surface area contributed by atoms with Crippen molar-refractivity contribution in [3.05, 3.63) is 64.7 Å². The van der Waals surface area contributed by atoms with Crippen LogP contribution in [0.4, 0.5) is 0 Å². The summed E-state index contributed by atoms with van der Waals surface area (Å²) < 4.78 is 32.3. The molecule has 2 aromatic carbocycles. The molecule has 0 spiro atoms. The van der Waals surface area contributed by atoms with E-state index < -0.39 is 10.0 Å². The maximum absolute atomic E-state index is 13.0. The van der Waals surface area contributed by atoms with Crippen LogP contribution in [0.25, 0.3) is 0 Å². The minimum atomic E-state index is -3.52. The largest absolute Gasteiger partial charge is 0.469 e. The number of halogens is 1. The Morgan fingerprint density at radius 2 is 1.86 bits per heavy atom. The summed E-state index contributed by atoms with van der Waals surface area (Å²) in [5.41, 5.74) is 1.82. The quantitative estimate of drug-likeness (QED) is 0.651. The number of hydrogen-bond donors (Lipinski definition) is 0. The Kier molecular flexibility index (Phi) is 6.95. The van der Waals surface area contributed by atoms with Crippen LogP contribution in [0, 0.1) is 0 Å². The smallest absolute Gasteiger partial charge is 0.309 e. The lowest BCUT2D eigenvalue weighted by atomic mass is 10.0. The zero-order valence-corrected chi connectivity index (χ0v) is 18.1. The lowest BCUT2D eigenvalue weighted by Gasteiger charge is -2.39. The molecule has 0 aromatic heterocycles. The Bertz CT molecular complexity index is 966. The fourth-order valence-electron chi connectivity index (χ4n) is 3.63. The van der Waals surface area contributed by atoms with Crippen molar-refractivity contribution in [3.8, 4) is 0 Å². The van der Waals surface area contributed by atoms with Crippen LogP contribution in [0.3, 0.4) is 0 Å². The number of rotatable bonds is 6. The molecule has 156 valence electrons. The molecule has 29 heavy (non-hydrogen) atoms. The average Bonchev–Trinajstić information content (AvgIpc) is 2.70. The van der Waals surface area contributed by atoms with Crippen molar-refractivity contribution in [1.29, 1.82) is 0 Å². The summed E-state index contributed by atoms with van der Waals surface area (Å²) in [7, 11) is -2.15. The van der Waals surface area contributed by atoms with Crippen LogP contribution in [0.1, 0.15) is 18.1 Å². The molecule has 3 rings (SSSR count). The standard InChI is InChI=1S/C21H25ClN2O4S/c1-16-14-23(10-11-24(16)29(26,27)20-6-4-3-5-7-20)15-18-12-19(22)9-8-17(18)13-21(25)28-2/h3-9,12,16H,10-11,13-15H2,1-2H3/t16-/m0/s1. The first kappa shape index (κ1) is 21.8. The number of nitrogens with zero attached hydrogens (tertiary/aromatic N) is 2. The van der Waals surface area contributed by atoms with Gasteiger partial charge in [-0.15, -0.1) is 0 Å². The molecule has 1 saturated heterocycles. The topological polar surface area (TPSA) is 66.9 Å². The first-order valence-electron chi connectivity index (χ1n) is 9.44. The van der Waals surface area contributed by atoms with Gasteiger partial charge in [0.2, 0.25) is 10.0 Å². The SMILES string of the molecule is COC(=O)Cc1ccc(Cl)cc1CN1CCN(S(=O)(=O)c2ccccc2)[C@@H](C)C1. The first-order valence-corrected chi connectivity index (χ1v) is 11.3. The maximum Gasteiger partial charge on any atom is 0.309 e. The van der Waals surface area contributed by atoms with Crippen LogP contribution in [0.5, 0.6) is 0 Å². The summed E-state index contributed by atoms with van der Waals surface area (Å²) >= 11 is 6.16. The van der Waals surface area contributed by atoms with Crippen LogP contribution >= 0.6 is 11.6 Å². The van der Waals surface area contributed by atoms with E-state index in [1.54, 1.807) is 40.7 Å².